The first-order valence-electron chi connectivity index (χ1n) is 7.71. The number of carbonyl (C=O) groups is 1. The summed E-state index contributed by atoms with van der Waals surface area (Å²) in [5.41, 5.74) is 1.86. The predicted octanol–water partition coefficient (Wildman–Crippen LogP) is 1.83. The number of benzene rings is 1. The summed E-state index contributed by atoms with van der Waals surface area (Å²) < 4.78 is 23.1. The van der Waals surface area contributed by atoms with Crippen LogP contribution in [0, 0.1) is 6.92 Å². The summed E-state index contributed by atoms with van der Waals surface area (Å²) in [5.74, 6) is 0.456. The average Bonchev–Trinajstić information content (AvgIpc) is 2.82. The van der Waals surface area contributed by atoms with Gasteiger partial charge in [-0.25, -0.2) is 8.42 Å². The number of hydrogen-bond donors (Lipinski definition) is 1. The van der Waals surface area contributed by atoms with Crippen LogP contribution in [0.25, 0.3) is 0 Å². The molecule has 1 saturated heterocycles. The van der Waals surface area contributed by atoms with Crippen molar-refractivity contribution >= 4 is 21.4 Å². The maximum atomic E-state index is 12.1. The predicted molar refractivity (Wildman–Crippen MR) is 88.7 cm³/mol. The Balaban J connectivity index is 1.86. The summed E-state index contributed by atoms with van der Waals surface area (Å²) in [6.07, 6.45) is 1.05. The zero-order chi connectivity index (χ0) is 16.2. The maximum Gasteiger partial charge on any atom is 0.225 e. The molecule has 1 fully saturated rings. The molecule has 1 amide bonds. The number of nitrogens with one attached hydrogen (secondary N) is 1. The van der Waals surface area contributed by atoms with Crippen LogP contribution in [0.3, 0.4) is 0 Å². The highest BCUT2D eigenvalue weighted by atomic mass is 32.2. The Hall–Kier alpha value is -1.40. The smallest absolute Gasteiger partial charge is 0.225 e. The van der Waals surface area contributed by atoms with Crippen molar-refractivity contribution in [1.82, 2.24) is 4.90 Å². The lowest BCUT2D eigenvalue weighted by Gasteiger charge is -2.26. The molecular weight excluding hydrogens is 300 g/mol. The molecule has 0 spiro atoms. The van der Waals surface area contributed by atoms with E-state index in [9.17, 15) is 13.2 Å². The van der Waals surface area contributed by atoms with Gasteiger partial charge in [-0.2, -0.15) is 0 Å². The van der Waals surface area contributed by atoms with Gasteiger partial charge in [-0.3, -0.25) is 9.69 Å². The number of carbonyl (C=O) groups excluding carboxylic acids is 1. The minimum atomic E-state index is -2.89. The first-order chi connectivity index (χ1) is 10.4. The Morgan fingerprint density at radius 3 is 2.68 bits per heavy atom. The van der Waals surface area contributed by atoms with Gasteiger partial charge in [0.2, 0.25) is 5.91 Å². The van der Waals surface area contributed by atoms with Gasteiger partial charge in [0.1, 0.15) is 0 Å². The molecule has 1 atom stereocenters. The number of rotatable bonds is 6. The van der Waals surface area contributed by atoms with Crippen LogP contribution in [-0.4, -0.2) is 49.9 Å². The van der Waals surface area contributed by atoms with Crippen LogP contribution < -0.4 is 5.32 Å². The summed E-state index contributed by atoms with van der Waals surface area (Å²) in [6.45, 7) is 5.31. The highest BCUT2D eigenvalue weighted by Crippen LogP contribution is 2.18. The van der Waals surface area contributed by atoms with Crippen LogP contribution >= 0.6 is 0 Å². The number of anilines is 1. The normalized spacial score (nSPS) is 20.2. The second kappa shape index (κ2) is 7.24. The molecule has 1 N–H and O–H groups in total. The number of nitrogens with zero attached hydrogens (tertiary/aromatic N) is 1. The van der Waals surface area contributed by atoms with E-state index in [1.54, 1.807) is 0 Å². The van der Waals surface area contributed by atoms with Crippen molar-refractivity contribution in [3.05, 3.63) is 29.8 Å². The lowest BCUT2D eigenvalue weighted by atomic mass is 10.2. The van der Waals surface area contributed by atoms with Crippen LogP contribution in [0.2, 0.25) is 0 Å². The third-order valence-corrected chi connectivity index (χ3v) is 5.93. The molecule has 1 unspecified atom stereocenters. The quantitative estimate of drug-likeness (QED) is 0.867. The molecule has 1 aromatic carbocycles. The van der Waals surface area contributed by atoms with E-state index >= 15 is 0 Å². The van der Waals surface area contributed by atoms with Crippen molar-refractivity contribution in [2.45, 2.75) is 32.7 Å². The van der Waals surface area contributed by atoms with Crippen LogP contribution in [0.1, 0.15) is 25.3 Å². The lowest BCUT2D eigenvalue weighted by Crippen LogP contribution is -2.38. The molecule has 1 aliphatic heterocycles. The fraction of sp³-hybridized carbons (Fsp3) is 0.562. The molecule has 1 aromatic rings. The van der Waals surface area contributed by atoms with E-state index in [0.29, 0.717) is 19.4 Å². The number of aryl methyl sites for hydroxylation is 1. The molecule has 0 aromatic heterocycles. The van der Waals surface area contributed by atoms with E-state index in [1.165, 1.54) is 0 Å². The molecule has 5 nitrogen and oxygen atoms in total. The zero-order valence-electron chi connectivity index (χ0n) is 13.2. The van der Waals surface area contributed by atoms with Gasteiger partial charge in [-0.15, -0.1) is 0 Å². The topological polar surface area (TPSA) is 66.5 Å². The highest BCUT2D eigenvalue weighted by molar-refractivity contribution is 7.91. The second-order valence-corrected chi connectivity index (χ2v) is 8.03. The SMILES string of the molecule is CCN(CCC(=O)Nc1ccccc1C)C1CCS(=O)(=O)C1. The van der Waals surface area contributed by atoms with Crippen molar-refractivity contribution in [3.63, 3.8) is 0 Å². The molecule has 6 heteroatoms. The van der Waals surface area contributed by atoms with Gasteiger partial charge in [-0.05, 0) is 31.5 Å². The zero-order valence-corrected chi connectivity index (χ0v) is 14.0. The standard InChI is InChI=1S/C16H24N2O3S/c1-3-18(14-9-11-22(20,21)12-14)10-8-16(19)17-15-7-5-4-6-13(15)2/h4-7,14H,3,8-12H2,1-2H3,(H,17,19). The average molecular weight is 324 g/mol. The lowest BCUT2D eigenvalue weighted by molar-refractivity contribution is -0.116. The molecule has 0 aliphatic carbocycles. The van der Waals surface area contributed by atoms with Crippen LogP contribution in [-0.2, 0) is 14.6 Å². The van der Waals surface area contributed by atoms with Crippen LogP contribution in [0.5, 0.6) is 0 Å². The first kappa shape index (κ1) is 17.0. The van der Waals surface area contributed by atoms with Gasteiger partial charge in [0.15, 0.2) is 9.84 Å². The van der Waals surface area contributed by atoms with Crippen molar-refractivity contribution in [2.24, 2.45) is 0 Å². The second-order valence-electron chi connectivity index (χ2n) is 5.80. The molecule has 0 bridgehead atoms. The van der Waals surface area contributed by atoms with Gasteiger partial charge in [-0.1, -0.05) is 25.1 Å². The van der Waals surface area contributed by atoms with E-state index in [0.717, 1.165) is 17.8 Å². The van der Waals surface area contributed by atoms with Crippen molar-refractivity contribution < 1.29 is 13.2 Å². The van der Waals surface area contributed by atoms with Crippen molar-refractivity contribution in [2.75, 3.05) is 29.9 Å². The van der Waals surface area contributed by atoms with Gasteiger partial charge in [0.25, 0.3) is 0 Å². The molecule has 0 saturated carbocycles. The number of hydrogen-bond acceptors (Lipinski definition) is 4. The van der Waals surface area contributed by atoms with E-state index < -0.39 is 9.84 Å². The van der Waals surface area contributed by atoms with E-state index in [-0.39, 0.29) is 23.5 Å². The minimum Gasteiger partial charge on any atom is -0.326 e. The summed E-state index contributed by atoms with van der Waals surface area (Å²) in [7, 11) is -2.89. The van der Waals surface area contributed by atoms with E-state index in [1.807, 2.05) is 38.1 Å². The summed E-state index contributed by atoms with van der Waals surface area (Å²) in [6, 6.07) is 7.72. The van der Waals surface area contributed by atoms with Crippen LogP contribution in [0.15, 0.2) is 24.3 Å². The monoisotopic (exact) mass is 324 g/mol. The summed E-state index contributed by atoms with van der Waals surface area (Å²) >= 11 is 0. The van der Waals surface area contributed by atoms with E-state index in [2.05, 4.69) is 10.2 Å². The Labute approximate surface area is 132 Å². The molecule has 22 heavy (non-hydrogen) atoms. The Bertz CT molecular complexity index is 628. The molecule has 1 heterocycles. The van der Waals surface area contributed by atoms with Gasteiger partial charge < -0.3 is 5.32 Å². The first-order valence-corrected chi connectivity index (χ1v) is 9.53. The largest absolute Gasteiger partial charge is 0.326 e. The van der Waals surface area contributed by atoms with Gasteiger partial charge in [0, 0.05) is 24.7 Å². The summed E-state index contributed by atoms with van der Waals surface area (Å²) in [5, 5.41) is 2.91. The number of sulfone groups is 1. The highest BCUT2D eigenvalue weighted by Gasteiger charge is 2.31. The molecule has 122 valence electrons. The fourth-order valence-electron chi connectivity index (χ4n) is 2.83. The van der Waals surface area contributed by atoms with Gasteiger partial charge in [0.05, 0.1) is 11.5 Å². The third-order valence-electron chi connectivity index (χ3n) is 4.18. The Morgan fingerprint density at radius 2 is 2.09 bits per heavy atom. The molecular formula is C16H24N2O3S. The van der Waals surface area contributed by atoms with Crippen LogP contribution in [0.4, 0.5) is 5.69 Å². The molecule has 2 rings (SSSR count). The maximum absolute atomic E-state index is 12.1. The third kappa shape index (κ3) is 4.55. The summed E-state index contributed by atoms with van der Waals surface area (Å²) in [4.78, 5) is 14.2. The number of amides is 1. The number of para-hydroxylation sites is 1. The molecule has 0 radical (unpaired) electrons. The van der Waals surface area contributed by atoms with E-state index in [4.69, 9.17) is 0 Å². The van der Waals surface area contributed by atoms with Gasteiger partial charge >= 0.3 is 0 Å². The fourth-order valence-corrected chi connectivity index (χ4v) is 4.59. The Morgan fingerprint density at radius 1 is 1.36 bits per heavy atom. The van der Waals surface area contributed by atoms with Crippen molar-refractivity contribution in [1.29, 1.82) is 0 Å². The minimum absolute atomic E-state index is 0.0337. The molecule has 1 aliphatic rings. The van der Waals surface area contributed by atoms with Crippen molar-refractivity contribution in [3.8, 4) is 0 Å². The Kier molecular flexibility index (Phi) is 5.58.